The van der Waals surface area contributed by atoms with E-state index in [9.17, 15) is 4.79 Å². The third-order valence-corrected chi connectivity index (χ3v) is 2.36. The minimum atomic E-state index is -0.228. The summed E-state index contributed by atoms with van der Waals surface area (Å²) in [5.41, 5.74) is 0.258. The van der Waals surface area contributed by atoms with Gasteiger partial charge >= 0.3 is 0 Å². The molecule has 2 rings (SSSR count). The van der Waals surface area contributed by atoms with Crippen molar-refractivity contribution in [2.24, 2.45) is 0 Å². The van der Waals surface area contributed by atoms with Gasteiger partial charge in [-0.3, -0.25) is 4.79 Å². The van der Waals surface area contributed by atoms with E-state index in [1.807, 2.05) is 31.5 Å². The van der Waals surface area contributed by atoms with Crippen LogP contribution in [-0.4, -0.2) is 27.5 Å². The lowest BCUT2D eigenvalue weighted by atomic mass is 10.1. The zero-order valence-electron chi connectivity index (χ0n) is 10.0. The summed E-state index contributed by atoms with van der Waals surface area (Å²) in [6, 6.07) is 0. The smallest absolute Gasteiger partial charge is 0.271 e. The van der Waals surface area contributed by atoms with Crippen LogP contribution in [0.3, 0.4) is 0 Å². The summed E-state index contributed by atoms with van der Waals surface area (Å²) in [6.07, 6.45) is 2.88. The van der Waals surface area contributed by atoms with E-state index in [1.54, 1.807) is 0 Å². The standard InChI is InChI=1S/C11H18N4O/c1-11(2,3)14-9(16)8-7-15-6-4-5-12-10(15)13-8/h7H,4-6H2,1-3H3,(H,12,13)(H,14,16). The number of hydrogen-bond donors (Lipinski definition) is 2. The predicted octanol–water partition coefficient (Wildman–Crippen LogP) is 1.23. The van der Waals surface area contributed by atoms with Gasteiger partial charge in [0.2, 0.25) is 5.95 Å². The highest BCUT2D eigenvalue weighted by Crippen LogP contribution is 2.14. The van der Waals surface area contributed by atoms with Crippen molar-refractivity contribution in [2.75, 3.05) is 11.9 Å². The van der Waals surface area contributed by atoms with E-state index in [4.69, 9.17) is 0 Å². The summed E-state index contributed by atoms with van der Waals surface area (Å²) in [5, 5.41) is 6.07. The first-order chi connectivity index (χ1) is 7.46. The number of amides is 1. The first-order valence-corrected chi connectivity index (χ1v) is 5.59. The van der Waals surface area contributed by atoms with Gasteiger partial charge in [-0.25, -0.2) is 4.98 Å². The van der Waals surface area contributed by atoms with Gasteiger partial charge in [0.05, 0.1) is 0 Å². The highest BCUT2D eigenvalue weighted by molar-refractivity contribution is 5.93. The Labute approximate surface area is 95.2 Å². The number of carbonyl (C=O) groups excluding carboxylic acids is 1. The molecule has 0 unspecified atom stereocenters. The number of imidazole rings is 1. The summed E-state index contributed by atoms with van der Waals surface area (Å²) in [6.45, 7) is 7.73. The van der Waals surface area contributed by atoms with Gasteiger partial charge in [0.1, 0.15) is 5.69 Å². The molecule has 88 valence electrons. The molecule has 2 heterocycles. The molecule has 16 heavy (non-hydrogen) atoms. The van der Waals surface area contributed by atoms with Gasteiger partial charge in [0, 0.05) is 24.8 Å². The number of anilines is 1. The van der Waals surface area contributed by atoms with Crippen molar-refractivity contribution in [1.29, 1.82) is 0 Å². The maximum absolute atomic E-state index is 11.9. The summed E-state index contributed by atoms with van der Waals surface area (Å²) in [4.78, 5) is 16.1. The number of rotatable bonds is 1. The van der Waals surface area contributed by atoms with E-state index in [0.29, 0.717) is 5.69 Å². The molecule has 1 amide bonds. The number of carbonyl (C=O) groups is 1. The molecule has 0 aromatic carbocycles. The van der Waals surface area contributed by atoms with E-state index >= 15 is 0 Å². The molecule has 1 aliphatic heterocycles. The van der Waals surface area contributed by atoms with Gasteiger partial charge < -0.3 is 15.2 Å². The average molecular weight is 222 g/mol. The normalized spacial score (nSPS) is 15.2. The van der Waals surface area contributed by atoms with Gasteiger partial charge in [-0.1, -0.05) is 0 Å². The first kappa shape index (κ1) is 11.0. The van der Waals surface area contributed by atoms with Crippen molar-refractivity contribution < 1.29 is 4.79 Å². The molecule has 0 atom stereocenters. The molecule has 0 spiro atoms. The molecule has 5 nitrogen and oxygen atoms in total. The van der Waals surface area contributed by atoms with Gasteiger partial charge in [-0.15, -0.1) is 0 Å². The molecule has 0 bridgehead atoms. The quantitative estimate of drug-likeness (QED) is 0.751. The number of aromatic nitrogens is 2. The molecular weight excluding hydrogens is 204 g/mol. The zero-order chi connectivity index (χ0) is 11.8. The maximum Gasteiger partial charge on any atom is 0.271 e. The molecule has 0 saturated carbocycles. The van der Waals surface area contributed by atoms with Crippen LogP contribution in [-0.2, 0) is 6.54 Å². The summed E-state index contributed by atoms with van der Waals surface area (Å²) in [5.74, 6) is 0.682. The molecule has 2 N–H and O–H groups in total. The molecule has 0 radical (unpaired) electrons. The van der Waals surface area contributed by atoms with Crippen LogP contribution >= 0.6 is 0 Å². The van der Waals surface area contributed by atoms with Crippen LogP contribution < -0.4 is 10.6 Å². The predicted molar refractivity (Wildman–Crippen MR) is 62.6 cm³/mol. The SMILES string of the molecule is CC(C)(C)NC(=O)c1cn2c(n1)NCCC2. The van der Waals surface area contributed by atoms with E-state index in [0.717, 1.165) is 25.5 Å². The van der Waals surface area contributed by atoms with Crippen molar-refractivity contribution in [2.45, 2.75) is 39.3 Å². The van der Waals surface area contributed by atoms with Crippen LogP contribution in [0, 0.1) is 0 Å². The topological polar surface area (TPSA) is 59.0 Å². The number of nitrogens with one attached hydrogen (secondary N) is 2. The van der Waals surface area contributed by atoms with E-state index in [1.165, 1.54) is 0 Å². The first-order valence-electron chi connectivity index (χ1n) is 5.59. The fraction of sp³-hybridized carbons (Fsp3) is 0.636. The van der Waals surface area contributed by atoms with Gasteiger partial charge in [0.15, 0.2) is 0 Å². The molecule has 0 aliphatic carbocycles. The molecular formula is C11H18N4O. The summed E-state index contributed by atoms with van der Waals surface area (Å²) < 4.78 is 1.99. The lowest BCUT2D eigenvalue weighted by molar-refractivity contribution is 0.0915. The molecule has 5 heteroatoms. The fourth-order valence-corrected chi connectivity index (χ4v) is 1.69. The van der Waals surface area contributed by atoms with Crippen molar-refractivity contribution in [1.82, 2.24) is 14.9 Å². The second kappa shape index (κ2) is 3.81. The van der Waals surface area contributed by atoms with Crippen LogP contribution in [0.15, 0.2) is 6.20 Å². The Bertz CT molecular complexity index is 379. The number of fused-ring (bicyclic) bond motifs is 1. The van der Waals surface area contributed by atoms with Crippen molar-refractivity contribution in [3.8, 4) is 0 Å². The lowest BCUT2D eigenvalue weighted by Crippen LogP contribution is -2.40. The fourth-order valence-electron chi connectivity index (χ4n) is 1.69. The Hall–Kier alpha value is -1.52. The third kappa shape index (κ3) is 2.35. The van der Waals surface area contributed by atoms with Crippen LogP contribution in [0.5, 0.6) is 0 Å². The Morgan fingerprint density at radius 2 is 2.31 bits per heavy atom. The number of hydrogen-bond acceptors (Lipinski definition) is 3. The molecule has 1 aromatic heterocycles. The van der Waals surface area contributed by atoms with Crippen molar-refractivity contribution in [3.63, 3.8) is 0 Å². The number of nitrogens with zero attached hydrogens (tertiary/aromatic N) is 2. The molecule has 1 aromatic rings. The third-order valence-electron chi connectivity index (χ3n) is 2.36. The van der Waals surface area contributed by atoms with E-state index in [2.05, 4.69) is 15.6 Å². The molecule has 1 aliphatic rings. The highest BCUT2D eigenvalue weighted by atomic mass is 16.2. The number of aryl methyl sites for hydroxylation is 1. The Balaban J connectivity index is 2.15. The minimum absolute atomic E-state index is 0.115. The van der Waals surface area contributed by atoms with E-state index in [-0.39, 0.29) is 11.4 Å². The minimum Gasteiger partial charge on any atom is -0.356 e. The largest absolute Gasteiger partial charge is 0.356 e. The second-order valence-corrected chi connectivity index (χ2v) is 5.13. The van der Waals surface area contributed by atoms with Gasteiger partial charge in [0.25, 0.3) is 5.91 Å². The lowest BCUT2D eigenvalue weighted by Gasteiger charge is -2.19. The van der Waals surface area contributed by atoms with Gasteiger partial charge in [-0.05, 0) is 27.2 Å². The van der Waals surface area contributed by atoms with Crippen LogP contribution in [0.1, 0.15) is 37.7 Å². The van der Waals surface area contributed by atoms with E-state index < -0.39 is 0 Å². The Morgan fingerprint density at radius 1 is 1.56 bits per heavy atom. The van der Waals surface area contributed by atoms with Crippen LogP contribution in [0.4, 0.5) is 5.95 Å². The Morgan fingerprint density at radius 3 is 2.94 bits per heavy atom. The van der Waals surface area contributed by atoms with Crippen molar-refractivity contribution >= 4 is 11.9 Å². The van der Waals surface area contributed by atoms with Crippen LogP contribution in [0.2, 0.25) is 0 Å². The van der Waals surface area contributed by atoms with Crippen molar-refractivity contribution in [3.05, 3.63) is 11.9 Å². The molecule has 0 saturated heterocycles. The maximum atomic E-state index is 11.9. The monoisotopic (exact) mass is 222 g/mol. The zero-order valence-corrected chi connectivity index (χ0v) is 10.0. The highest BCUT2D eigenvalue weighted by Gasteiger charge is 2.20. The Kier molecular flexibility index (Phi) is 2.61. The summed E-state index contributed by atoms with van der Waals surface area (Å²) in [7, 11) is 0. The van der Waals surface area contributed by atoms with Gasteiger partial charge in [-0.2, -0.15) is 0 Å². The second-order valence-electron chi connectivity index (χ2n) is 5.13. The van der Waals surface area contributed by atoms with Crippen LogP contribution in [0.25, 0.3) is 0 Å². The average Bonchev–Trinajstić information content (AvgIpc) is 2.58. The molecule has 0 fully saturated rings. The summed E-state index contributed by atoms with van der Waals surface area (Å²) >= 11 is 0.